The van der Waals surface area contributed by atoms with E-state index in [1.54, 1.807) is 0 Å². The lowest BCUT2D eigenvalue weighted by Crippen LogP contribution is -2.46. The first-order valence-electron chi connectivity index (χ1n) is 8.88. The topological polar surface area (TPSA) is 74.7 Å². The minimum atomic E-state index is -1.15. The first-order chi connectivity index (χ1) is 12.2. The molecule has 0 radical (unpaired) electrons. The maximum absolute atomic E-state index is 11.7. The van der Waals surface area contributed by atoms with E-state index in [2.05, 4.69) is 32.9 Å². The molecule has 26 heavy (non-hydrogen) atoms. The summed E-state index contributed by atoms with van der Waals surface area (Å²) >= 11 is 0.186. The molecule has 1 atom stereocenters. The van der Waals surface area contributed by atoms with Gasteiger partial charge in [-0.1, -0.05) is 34.9 Å². The number of nitrogens with zero attached hydrogens (tertiary/aromatic N) is 1. The Kier molecular flexibility index (Phi) is 12.5. The largest absolute Gasteiger partial charge is 0.480 e. The van der Waals surface area contributed by atoms with E-state index >= 15 is 0 Å². The second kappa shape index (κ2) is 13.4. The van der Waals surface area contributed by atoms with Crippen molar-refractivity contribution in [1.82, 2.24) is 4.90 Å². The fourth-order valence-electron chi connectivity index (χ4n) is 2.43. The SMILES string of the molecule is CC(=O)N(CC=C(C)CCC=C(C)CCC=C(C)C)[C@@H](C[S+]=O)C(=O)O. The van der Waals surface area contributed by atoms with Crippen molar-refractivity contribution >= 4 is 23.5 Å². The molecule has 5 nitrogen and oxygen atoms in total. The van der Waals surface area contributed by atoms with Crippen molar-refractivity contribution in [3.8, 4) is 0 Å². The van der Waals surface area contributed by atoms with E-state index in [9.17, 15) is 18.9 Å². The Labute approximate surface area is 161 Å². The van der Waals surface area contributed by atoms with Gasteiger partial charge in [-0.05, 0) is 53.4 Å². The summed E-state index contributed by atoms with van der Waals surface area (Å²) in [4.78, 5) is 24.2. The van der Waals surface area contributed by atoms with Crippen LogP contribution in [0.5, 0.6) is 0 Å². The average molecular weight is 383 g/mol. The Hall–Kier alpha value is -1.82. The van der Waals surface area contributed by atoms with Crippen molar-refractivity contribution in [3.05, 3.63) is 34.9 Å². The quantitative estimate of drug-likeness (QED) is 0.407. The van der Waals surface area contributed by atoms with Gasteiger partial charge in [-0.2, -0.15) is 0 Å². The zero-order valence-corrected chi connectivity index (χ0v) is 17.4. The van der Waals surface area contributed by atoms with E-state index in [4.69, 9.17) is 0 Å². The van der Waals surface area contributed by atoms with Gasteiger partial charge in [0.25, 0.3) is 5.75 Å². The Morgan fingerprint density at radius 2 is 1.50 bits per heavy atom. The van der Waals surface area contributed by atoms with Crippen LogP contribution in [0.15, 0.2) is 34.9 Å². The Morgan fingerprint density at radius 3 is 1.96 bits per heavy atom. The Bertz CT molecular complexity index is 574. The van der Waals surface area contributed by atoms with E-state index in [1.165, 1.54) is 23.0 Å². The van der Waals surface area contributed by atoms with Crippen LogP contribution >= 0.6 is 0 Å². The van der Waals surface area contributed by atoms with E-state index in [-0.39, 0.29) is 29.9 Å². The number of aliphatic carboxylic acids is 1. The second-order valence-electron chi connectivity index (χ2n) is 6.77. The lowest BCUT2D eigenvalue weighted by Gasteiger charge is -2.23. The molecule has 0 aromatic carbocycles. The minimum absolute atomic E-state index is 0.157. The smallest absolute Gasteiger partial charge is 0.461 e. The Morgan fingerprint density at radius 1 is 0.962 bits per heavy atom. The summed E-state index contributed by atoms with van der Waals surface area (Å²) in [6.07, 6.45) is 10.2. The summed E-state index contributed by atoms with van der Waals surface area (Å²) < 4.78 is 10.7. The predicted molar refractivity (Wildman–Crippen MR) is 107 cm³/mol. The Balaban J connectivity index is 4.63. The molecule has 0 aliphatic heterocycles. The van der Waals surface area contributed by atoms with E-state index in [0.717, 1.165) is 31.3 Å². The van der Waals surface area contributed by atoms with Crippen LogP contribution < -0.4 is 0 Å². The van der Waals surface area contributed by atoms with Crippen molar-refractivity contribution in [1.29, 1.82) is 0 Å². The first-order valence-corrected chi connectivity index (χ1v) is 9.79. The van der Waals surface area contributed by atoms with Gasteiger partial charge in [0.15, 0.2) is 6.04 Å². The molecule has 0 aliphatic rings. The number of allylic oxidation sites excluding steroid dienone is 5. The summed E-state index contributed by atoms with van der Waals surface area (Å²) in [6, 6.07) is -1.09. The number of rotatable bonds is 12. The zero-order chi connectivity index (χ0) is 20.1. The standard InChI is InChI=1S/C20H31NO4S/c1-15(2)8-6-9-16(3)10-7-11-17(4)12-13-21(18(5)22)19(14-26-25)20(23)24/h8,10,12,19H,6-7,9,11,13-14H2,1-5H3/p+1/t19-/m0/s1. The summed E-state index contributed by atoms with van der Waals surface area (Å²) in [7, 11) is 0. The van der Waals surface area contributed by atoms with Crippen molar-refractivity contribution in [2.24, 2.45) is 0 Å². The van der Waals surface area contributed by atoms with Gasteiger partial charge in [-0.15, -0.1) is 0 Å². The third-order valence-electron chi connectivity index (χ3n) is 4.05. The van der Waals surface area contributed by atoms with Crippen LogP contribution in [0.2, 0.25) is 0 Å². The minimum Gasteiger partial charge on any atom is -0.480 e. The lowest BCUT2D eigenvalue weighted by molar-refractivity contribution is -0.147. The van der Waals surface area contributed by atoms with Gasteiger partial charge >= 0.3 is 17.6 Å². The number of carbonyl (C=O) groups excluding carboxylic acids is 1. The van der Waals surface area contributed by atoms with Crippen LogP contribution in [-0.4, -0.2) is 40.2 Å². The normalized spacial score (nSPS) is 13.1. The van der Waals surface area contributed by atoms with Gasteiger partial charge in [0, 0.05) is 17.7 Å². The maximum atomic E-state index is 11.7. The molecule has 146 valence electrons. The van der Waals surface area contributed by atoms with Crippen LogP contribution in [0.4, 0.5) is 0 Å². The molecule has 0 unspecified atom stereocenters. The molecule has 0 bridgehead atoms. The van der Waals surface area contributed by atoms with Crippen molar-refractivity contribution in [2.75, 3.05) is 12.3 Å². The van der Waals surface area contributed by atoms with E-state index < -0.39 is 12.0 Å². The molecule has 0 aromatic heterocycles. The maximum Gasteiger partial charge on any atom is 0.461 e. The highest BCUT2D eigenvalue weighted by molar-refractivity contribution is 7.65. The predicted octanol–water partition coefficient (Wildman–Crippen LogP) is 4.14. The summed E-state index contributed by atoms with van der Waals surface area (Å²) in [5.74, 6) is -1.65. The molecular weight excluding hydrogens is 350 g/mol. The molecule has 1 amide bonds. The number of hydrogen-bond acceptors (Lipinski definition) is 3. The van der Waals surface area contributed by atoms with Crippen LogP contribution in [0.3, 0.4) is 0 Å². The average Bonchev–Trinajstić information content (AvgIpc) is 2.53. The number of carboxylic acids is 1. The van der Waals surface area contributed by atoms with Crippen LogP contribution in [0.1, 0.15) is 60.3 Å². The summed E-state index contributed by atoms with van der Waals surface area (Å²) in [5.41, 5.74) is 3.80. The van der Waals surface area contributed by atoms with Crippen LogP contribution in [0, 0.1) is 0 Å². The monoisotopic (exact) mass is 382 g/mol. The highest BCUT2D eigenvalue weighted by Gasteiger charge is 2.32. The fourth-order valence-corrected chi connectivity index (χ4v) is 2.88. The molecule has 0 heterocycles. The highest BCUT2D eigenvalue weighted by Crippen LogP contribution is 2.12. The van der Waals surface area contributed by atoms with Gasteiger partial charge in [-0.3, -0.25) is 4.79 Å². The molecule has 0 saturated carbocycles. The van der Waals surface area contributed by atoms with Gasteiger partial charge in [0.05, 0.1) is 0 Å². The molecule has 0 aromatic rings. The summed E-state index contributed by atoms with van der Waals surface area (Å²) in [5, 5.41) is 9.22. The molecule has 1 N–H and O–H groups in total. The molecule has 0 spiro atoms. The van der Waals surface area contributed by atoms with Gasteiger partial charge in [-0.25, -0.2) is 4.79 Å². The molecule has 0 aliphatic carbocycles. The van der Waals surface area contributed by atoms with E-state index in [1.807, 2.05) is 13.0 Å². The summed E-state index contributed by atoms with van der Waals surface area (Å²) in [6.45, 7) is 9.84. The van der Waals surface area contributed by atoms with Crippen LogP contribution in [-0.2, 0) is 25.5 Å². The number of hydrogen-bond donors (Lipinski definition) is 1. The molecule has 0 rings (SSSR count). The van der Waals surface area contributed by atoms with Gasteiger partial charge < -0.3 is 10.0 Å². The molecule has 0 fully saturated rings. The molecular formula is C20H32NO4S+. The van der Waals surface area contributed by atoms with E-state index in [0.29, 0.717) is 0 Å². The molecule has 6 heteroatoms. The van der Waals surface area contributed by atoms with Crippen molar-refractivity contribution in [3.63, 3.8) is 0 Å². The van der Waals surface area contributed by atoms with Crippen molar-refractivity contribution in [2.45, 2.75) is 66.3 Å². The first kappa shape index (κ1) is 24.2. The van der Waals surface area contributed by atoms with Gasteiger partial charge in [0.2, 0.25) is 5.91 Å². The van der Waals surface area contributed by atoms with Gasteiger partial charge in [0.1, 0.15) is 0 Å². The van der Waals surface area contributed by atoms with Crippen LogP contribution in [0.25, 0.3) is 0 Å². The highest BCUT2D eigenvalue weighted by atomic mass is 32.1. The molecule has 0 saturated heterocycles. The van der Waals surface area contributed by atoms with Crippen molar-refractivity contribution < 1.29 is 18.9 Å². The number of carboxylic acid groups (broad SMARTS) is 1. The lowest BCUT2D eigenvalue weighted by atomic mass is 10.1. The number of amides is 1. The third-order valence-corrected chi connectivity index (χ3v) is 4.50. The third kappa shape index (κ3) is 10.9. The fraction of sp³-hybridized carbons (Fsp3) is 0.600. The number of carbonyl (C=O) groups is 2. The zero-order valence-electron chi connectivity index (χ0n) is 16.6. The second-order valence-corrected chi connectivity index (χ2v) is 7.34.